The summed E-state index contributed by atoms with van der Waals surface area (Å²) in [7, 11) is 0. The van der Waals surface area contributed by atoms with Gasteiger partial charge in [-0.3, -0.25) is 0 Å². The third-order valence-corrected chi connectivity index (χ3v) is 10.8. The van der Waals surface area contributed by atoms with E-state index >= 15 is 0 Å². The average Bonchev–Trinajstić information content (AvgIpc) is 3.69. The van der Waals surface area contributed by atoms with Crippen molar-refractivity contribution in [3.8, 4) is 78.7 Å². The molecule has 2 heterocycles. The van der Waals surface area contributed by atoms with E-state index < -0.39 is 0 Å². The second kappa shape index (κ2) is 14.3. The van der Waals surface area contributed by atoms with Gasteiger partial charge in [-0.2, -0.15) is 0 Å². The van der Waals surface area contributed by atoms with Gasteiger partial charge in [0.15, 0.2) is 11.4 Å². The fourth-order valence-corrected chi connectivity index (χ4v) is 8.01. The Labute approximate surface area is 331 Å². The molecule has 57 heavy (non-hydrogen) atoms. The number of benzene rings is 8. The van der Waals surface area contributed by atoms with Crippen LogP contribution in [0.3, 0.4) is 0 Å². The first-order valence-corrected chi connectivity index (χ1v) is 19.3. The number of hydrogen-bond acceptors (Lipinski definition) is 4. The van der Waals surface area contributed by atoms with Crippen molar-refractivity contribution in [1.82, 2.24) is 15.0 Å². The Morgan fingerprint density at radius 1 is 0.386 bits per heavy atom. The van der Waals surface area contributed by atoms with Crippen LogP contribution in [0.25, 0.3) is 101 Å². The fraction of sp³-hybridized carbons (Fsp3) is 0.0377. The van der Waals surface area contributed by atoms with Crippen LogP contribution in [0.1, 0.15) is 11.1 Å². The molecule has 0 bridgehead atoms. The largest absolute Gasteiger partial charge is 0.436 e. The zero-order chi connectivity index (χ0) is 38.3. The molecule has 0 N–H and O–H groups in total. The molecule has 4 nitrogen and oxygen atoms in total. The van der Waals surface area contributed by atoms with E-state index in [2.05, 4.69) is 159 Å². The van der Waals surface area contributed by atoms with Crippen molar-refractivity contribution in [3.05, 3.63) is 199 Å². The van der Waals surface area contributed by atoms with E-state index in [-0.39, 0.29) is 0 Å². The summed E-state index contributed by atoms with van der Waals surface area (Å²) in [5.74, 6) is 1.36. The maximum Gasteiger partial charge on any atom is 0.227 e. The van der Waals surface area contributed by atoms with Gasteiger partial charge in [0.2, 0.25) is 5.89 Å². The maximum absolute atomic E-state index is 6.33. The SMILES string of the molecule is Cc1cccc(C)c1-c1nc2cc(-c3ccccc3-c3ccc4ccccc4c3-c3ccc(-c4cc(-c5ccccc5)nc(-c5ccccc5)n4)cc3)ccc2o1. The predicted molar refractivity (Wildman–Crippen MR) is 235 cm³/mol. The lowest BCUT2D eigenvalue weighted by Crippen LogP contribution is -1.96. The highest BCUT2D eigenvalue weighted by molar-refractivity contribution is 6.06. The highest BCUT2D eigenvalue weighted by Gasteiger charge is 2.19. The van der Waals surface area contributed by atoms with Crippen molar-refractivity contribution in [1.29, 1.82) is 0 Å². The minimum Gasteiger partial charge on any atom is -0.436 e. The quantitative estimate of drug-likeness (QED) is 0.164. The van der Waals surface area contributed by atoms with Crippen LogP contribution in [0.5, 0.6) is 0 Å². The molecule has 10 aromatic rings. The Balaban J connectivity index is 1.08. The van der Waals surface area contributed by atoms with Crippen LogP contribution >= 0.6 is 0 Å². The molecule has 10 rings (SSSR count). The molecular formula is C53H37N3O. The molecule has 0 unspecified atom stereocenters. The Hall–Kier alpha value is -7.43. The molecule has 0 aliphatic carbocycles. The third kappa shape index (κ3) is 6.37. The highest BCUT2D eigenvalue weighted by atomic mass is 16.3. The van der Waals surface area contributed by atoms with Crippen molar-refractivity contribution in [2.24, 2.45) is 0 Å². The average molecular weight is 732 g/mol. The van der Waals surface area contributed by atoms with Gasteiger partial charge in [0.1, 0.15) is 5.52 Å². The van der Waals surface area contributed by atoms with E-state index in [4.69, 9.17) is 19.4 Å². The molecule has 0 saturated heterocycles. The Kier molecular flexibility index (Phi) is 8.57. The van der Waals surface area contributed by atoms with Crippen molar-refractivity contribution in [2.45, 2.75) is 13.8 Å². The zero-order valence-electron chi connectivity index (χ0n) is 31.6. The lowest BCUT2D eigenvalue weighted by Gasteiger charge is -2.17. The Morgan fingerprint density at radius 2 is 0.982 bits per heavy atom. The number of nitrogens with zero attached hydrogens (tertiary/aromatic N) is 3. The predicted octanol–water partition coefficient (Wildman–Crippen LogP) is 14.1. The smallest absolute Gasteiger partial charge is 0.227 e. The second-order valence-electron chi connectivity index (χ2n) is 14.5. The van der Waals surface area contributed by atoms with Crippen LogP contribution in [-0.2, 0) is 0 Å². The van der Waals surface area contributed by atoms with Gasteiger partial charge in [0.25, 0.3) is 0 Å². The van der Waals surface area contributed by atoms with Gasteiger partial charge in [-0.15, -0.1) is 0 Å². The number of rotatable bonds is 7. The van der Waals surface area contributed by atoms with E-state index in [9.17, 15) is 0 Å². The molecule has 0 aliphatic heterocycles. The van der Waals surface area contributed by atoms with E-state index in [0.29, 0.717) is 11.7 Å². The molecule has 0 spiro atoms. The summed E-state index contributed by atoms with van der Waals surface area (Å²) in [4.78, 5) is 15.1. The Bertz CT molecular complexity index is 3000. The first-order valence-electron chi connectivity index (χ1n) is 19.3. The normalized spacial score (nSPS) is 11.3. The van der Waals surface area contributed by atoms with E-state index in [1.54, 1.807) is 0 Å². The van der Waals surface area contributed by atoms with Crippen molar-refractivity contribution >= 4 is 21.9 Å². The van der Waals surface area contributed by atoms with Crippen molar-refractivity contribution < 1.29 is 4.42 Å². The van der Waals surface area contributed by atoms with Gasteiger partial charge in [-0.05, 0) is 87.3 Å². The molecule has 0 fully saturated rings. The van der Waals surface area contributed by atoms with Gasteiger partial charge >= 0.3 is 0 Å². The van der Waals surface area contributed by atoms with Crippen molar-refractivity contribution in [2.75, 3.05) is 0 Å². The van der Waals surface area contributed by atoms with Crippen LogP contribution in [0.4, 0.5) is 0 Å². The molecule has 8 aromatic carbocycles. The third-order valence-electron chi connectivity index (χ3n) is 10.8. The van der Waals surface area contributed by atoms with Crippen LogP contribution in [0, 0.1) is 13.8 Å². The van der Waals surface area contributed by atoms with Gasteiger partial charge < -0.3 is 4.42 Å². The van der Waals surface area contributed by atoms with Crippen molar-refractivity contribution in [3.63, 3.8) is 0 Å². The summed E-state index contributed by atoms with van der Waals surface area (Å²) in [5.41, 5.74) is 16.6. The van der Waals surface area contributed by atoms with Crippen LogP contribution in [-0.4, -0.2) is 15.0 Å². The molecule has 0 radical (unpaired) electrons. The minimum absolute atomic E-state index is 0.654. The lowest BCUT2D eigenvalue weighted by molar-refractivity contribution is 0.618. The molecule has 2 aromatic heterocycles. The molecular weight excluding hydrogens is 695 g/mol. The first kappa shape index (κ1) is 34.1. The summed E-state index contributed by atoms with van der Waals surface area (Å²) in [6.07, 6.45) is 0. The molecule has 0 amide bonds. The number of fused-ring (bicyclic) bond motifs is 2. The van der Waals surface area contributed by atoms with Gasteiger partial charge in [-0.25, -0.2) is 15.0 Å². The molecule has 0 atom stereocenters. The number of oxazole rings is 1. The van der Waals surface area contributed by atoms with E-state index in [1.807, 2.05) is 42.5 Å². The topological polar surface area (TPSA) is 51.8 Å². The van der Waals surface area contributed by atoms with Gasteiger partial charge in [-0.1, -0.05) is 170 Å². The van der Waals surface area contributed by atoms with Crippen LogP contribution < -0.4 is 0 Å². The monoisotopic (exact) mass is 731 g/mol. The zero-order valence-corrected chi connectivity index (χ0v) is 31.6. The standard InChI is InChI=1S/C53H37N3O/c1-34-14-13-15-35(2)50(34)53-56-48-32-41(29-31-49(48)57-53)42-21-11-12-23-44(42)45-30-28-36-16-9-10-22-43(36)51(45)39-26-24-38(25-27-39)47-33-46(37-17-5-3-6-18-37)54-52(55-47)40-19-7-4-8-20-40/h3-33H,1-2H3. The molecule has 0 saturated carbocycles. The Morgan fingerprint density at radius 3 is 1.72 bits per heavy atom. The summed E-state index contributed by atoms with van der Waals surface area (Å²) >= 11 is 0. The summed E-state index contributed by atoms with van der Waals surface area (Å²) in [6, 6.07) is 65.8. The van der Waals surface area contributed by atoms with Crippen LogP contribution in [0.15, 0.2) is 192 Å². The van der Waals surface area contributed by atoms with Gasteiger partial charge in [0, 0.05) is 22.3 Å². The molecule has 270 valence electrons. The summed E-state index contributed by atoms with van der Waals surface area (Å²) in [5, 5.41) is 2.39. The summed E-state index contributed by atoms with van der Waals surface area (Å²) in [6.45, 7) is 4.21. The maximum atomic E-state index is 6.33. The minimum atomic E-state index is 0.654. The second-order valence-corrected chi connectivity index (χ2v) is 14.5. The fourth-order valence-electron chi connectivity index (χ4n) is 8.01. The lowest BCUT2D eigenvalue weighted by atomic mass is 9.86. The molecule has 0 aliphatic rings. The van der Waals surface area contributed by atoms with E-state index in [1.165, 1.54) is 16.3 Å². The number of aryl methyl sites for hydroxylation is 2. The number of hydrogen-bond donors (Lipinski definition) is 0. The first-order chi connectivity index (χ1) is 28.1. The highest BCUT2D eigenvalue weighted by Crippen LogP contribution is 2.43. The van der Waals surface area contributed by atoms with E-state index in [0.717, 1.165) is 83.7 Å². The molecule has 4 heteroatoms. The van der Waals surface area contributed by atoms with Crippen LogP contribution in [0.2, 0.25) is 0 Å². The van der Waals surface area contributed by atoms with Gasteiger partial charge in [0.05, 0.1) is 11.4 Å². The number of aromatic nitrogens is 3. The summed E-state index contributed by atoms with van der Waals surface area (Å²) < 4.78 is 6.33.